The lowest BCUT2D eigenvalue weighted by Gasteiger charge is -2.26. The second-order valence-electron chi connectivity index (χ2n) is 7.46. The van der Waals surface area contributed by atoms with Gasteiger partial charge in [-0.3, -0.25) is 19.8 Å². The van der Waals surface area contributed by atoms with E-state index in [0.29, 0.717) is 41.6 Å². The zero-order valence-electron chi connectivity index (χ0n) is 19.1. The summed E-state index contributed by atoms with van der Waals surface area (Å²) in [6.07, 6.45) is 3.21. The first-order valence-corrected chi connectivity index (χ1v) is 10.9. The Morgan fingerprint density at radius 1 is 0.909 bits per heavy atom. The van der Waals surface area contributed by atoms with Crippen LogP contribution in [-0.2, 0) is 16.1 Å². The van der Waals surface area contributed by atoms with Crippen molar-refractivity contribution in [3.63, 3.8) is 0 Å². The highest BCUT2D eigenvalue weighted by Crippen LogP contribution is 2.29. The molecule has 0 saturated carbocycles. The normalized spacial score (nSPS) is 14.9. The SMILES string of the molecule is CCCOc1ccc(/C=C2\C(=O)NC(=O)N(Cc3ccc(OCCC)c(OC)c3)C2=O)cc1. The molecule has 1 aliphatic rings. The number of urea groups is 1. The van der Waals surface area contributed by atoms with Gasteiger partial charge in [0.25, 0.3) is 11.8 Å². The molecule has 0 bridgehead atoms. The van der Waals surface area contributed by atoms with E-state index in [4.69, 9.17) is 14.2 Å². The number of carbonyl (C=O) groups is 3. The second-order valence-corrected chi connectivity index (χ2v) is 7.46. The van der Waals surface area contributed by atoms with Crippen LogP contribution in [0.4, 0.5) is 4.79 Å². The molecule has 1 aliphatic heterocycles. The Bertz CT molecular complexity index is 1050. The lowest BCUT2D eigenvalue weighted by atomic mass is 10.1. The predicted molar refractivity (Wildman–Crippen MR) is 123 cm³/mol. The first-order valence-electron chi connectivity index (χ1n) is 10.9. The molecule has 33 heavy (non-hydrogen) atoms. The standard InChI is InChI=1S/C25H28N2O6/c1-4-12-32-19-9-6-17(7-10-19)14-20-23(28)26-25(30)27(24(20)29)16-18-8-11-21(33-13-5-2)22(15-18)31-3/h6-11,14-15H,4-5,12-13,16H2,1-3H3,(H,26,28,30)/b20-14+. The average Bonchev–Trinajstić information content (AvgIpc) is 2.82. The molecule has 2 aromatic carbocycles. The molecule has 174 valence electrons. The number of barbiturate groups is 1. The molecule has 2 aromatic rings. The van der Waals surface area contributed by atoms with Crippen LogP contribution in [0.5, 0.6) is 17.2 Å². The topological polar surface area (TPSA) is 94.2 Å². The molecule has 4 amide bonds. The Hall–Kier alpha value is -3.81. The summed E-state index contributed by atoms with van der Waals surface area (Å²) in [5.41, 5.74) is 1.18. The number of ether oxygens (including phenoxy) is 3. The third-order valence-electron chi connectivity index (χ3n) is 4.88. The van der Waals surface area contributed by atoms with Gasteiger partial charge in [0.2, 0.25) is 0 Å². The van der Waals surface area contributed by atoms with Crippen LogP contribution in [0.25, 0.3) is 6.08 Å². The summed E-state index contributed by atoms with van der Waals surface area (Å²) < 4.78 is 16.6. The Labute approximate surface area is 193 Å². The van der Waals surface area contributed by atoms with E-state index in [2.05, 4.69) is 5.32 Å². The van der Waals surface area contributed by atoms with E-state index in [-0.39, 0.29) is 12.1 Å². The van der Waals surface area contributed by atoms with E-state index in [1.807, 2.05) is 13.8 Å². The molecule has 0 unspecified atom stereocenters. The third kappa shape index (κ3) is 5.91. The maximum Gasteiger partial charge on any atom is 0.331 e. The van der Waals surface area contributed by atoms with Gasteiger partial charge in [-0.15, -0.1) is 0 Å². The minimum Gasteiger partial charge on any atom is -0.494 e. The Morgan fingerprint density at radius 2 is 1.61 bits per heavy atom. The third-order valence-corrected chi connectivity index (χ3v) is 4.88. The fourth-order valence-corrected chi connectivity index (χ4v) is 3.21. The van der Waals surface area contributed by atoms with Gasteiger partial charge in [-0.25, -0.2) is 4.79 Å². The van der Waals surface area contributed by atoms with Crippen molar-refractivity contribution in [3.8, 4) is 17.2 Å². The predicted octanol–water partition coefficient (Wildman–Crippen LogP) is 3.93. The van der Waals surface area contributed by atoms with E-state index < -0.39 is 17.8 Å². The summed E-state index contributed by atoms with van der Waals surface area (Å²) in [4.78, 5) is 38.8. The van der Waals surface area contributed by atoms with Gasteiger partial charge in [-0.2, -0.15) is 0 Å². The second kappa shape index (κ2) is 11.2. The lowest BCUT2D eigenvalue weighted by molar-refractivity contribution is -0.130. The highest BCUT2D eigenvalue weighted by atomic mass is 16.5. The van der Waals surface area contributed by atoms with Crippen LogP contribution < -0.4 is 19.5 Å². The van der Waals surface area contributed by atoms with Crippen molar-refractivity contribution in [2.45, 2.75) is 33.2 Å². The van der Waals surface area contributed by atoms with E-state index in [1.165, 1.54) is 13.2 Å². The van der Waals surface area contributed by atoms with Crippen molar-refractivity contribution in [3.05, 3.63) is 59.2 Å². The number of benzene rings is 2. The molecule has 1 saturated heterocycles. The van der Waals surface area contributed by atoms with Crippen molar-refractivity contribution in [1.82, 2.24) is 10.2 Å². The Morgan fingerprint density at radius 3 is 2.27 bits per heavy atom. The monoisotopic (exact) mass is 452 g/mol. The number of imide groups is 2. The van der Waals surface area contributed by atoms with Gasteiger partial charge < -0.3 is 14.2 Å². The minimum atomic E-state index is -0.768. The first kappa shape index (κ1) is 23.8. The molecule has 8 heteroatoms. The molecule has 0 atom stereocenters. The van der Waals surface area contributed by atoms with Gasteiger partial charge in [-0.1, -0.05) is 32.0 Å². The number of hydrogen-bond donors (Lipinski definition) is 1. The number of methoxy groups -OCH3 is 1. The number of rotatable bonds is 10. The van der Waals surface area contributed by atoms with Crippen molar-refractivity contribution >= 4 is 23.9 Å². The quantitative estimate of drug-likeness (QED) is 0.434. The number of carbonyl (C=O) groups excluding carboxylic acids is 3. The molecule has 8 nitrogen and oxygen atoms in total. The Kier molecular flexibility index (Phi) is 8.07. The number of amides is 4. The number of hydrogen-bond acceptors (Lipinski definition) is 6. The molecule has 1 N–H and O–H groups in total. The van der Waals surface area contributed by atoms with Crippen molar-refractivity contribution in [2.75, 3.05) is 20.3 Å². The van der Waals surface area contributed by atoms with Crippen LogP contribution >= 0.6 is 0 Å². The highest BCUT2D eigenvalue weighted by molar-refractivity contribution is 6.30. The molecular formula is C25H28N2O6. The van der Waals surface area contributed by atoms with Crippen LogP contribution in [0.2, 0.25) is 0 Å². The van der Waals surface area contributed by atoms with E-state index in [9.17, 15) is 14.4 Å². The maximum absolute atomic E-state index is 13.0. The van der Waals surface area contributed by atoms with Crippen LogP contribution in [0.15, 0.2) is 48.0 Å². The Balaban J connectivity index is 1.79. The zero-order chi connectivity index (χ0) is 23.8. The summed E-state index contributed by atoms with van der Waals surface area (Å²) in [5, 5.41) is 2.24. The average molecular weight is 453 g/mol. The fourth-order valence-electron chi connectivity index (χ4n) is 3.21. The minimum absolute atomic E-state index is 0.0243. The molecule has 0 aromatic heterocycles. The highest BCUT2D eigenvalue weighted by Gasteiger charge is 2.35. The number of nitrogens with zero attached hydrogens (tertiary/aromatic N) is 1. The van der Waals surface area contributed by atoms with Crippen molar-refractivity contribution < 1.29 is 28.6 Å². The number of nitrogens with one attached hydrogen (secondary N) is 1. The van der Waals surface area contributed by atoms with E-state index >= 15 is 0 Å². The van der Waals surface area contributed by atoms with Gasteiger partial charge in [0, 0.05) is 0 Å². The molecule has 1 fully saturated rings. The molecule has 0 radical (unpaired) electrons. The van der Waals surface area contributed by atoms with Gasteiger partial charge in [-0.05, 0) is 54.3 Å². The maximum atomic E-state index is 13.0. The van der Waals surface area contributed by atoms with E-state index in [1.54, 1.807) is 42.5 Å². The van der Waals surface area contributed by atoms with Crippen LogP contribution in [0, 0.1) is 0 Å². The summed E-state index contributed by atoms with van der Waals surface area (Å²) in [6.45, 7) is 5.15. The van der Waals surface area contributed by atoms with Crippen LogP contribution in [0.1, 0.15) is 37.8 Å². The molecule has 0 aliphatic carbocycles. The summed E-state index contributed by atoms with van der Waals surface area (Å²) >= 11 is 0. The summed E-state index contributed by atoms with van der Waals surface area (Å²) in [6, 6.07) is 11.5. The lowest BCUT2D eigenvalue weighted by Crippen LogP contribution is -2.53. The van der Waals surface area contributed by atoms with Crippen LogP contribution in [-0.4, -0.2) is 43.1 Å². The van der Waals surface area contributed by atoms with Gasteiger partial charge in [0.1, 0.15) is 11.3 Å². The molecule has 1 heterocycles. The first-order chi connectivity index (χ1) is 16.0. The summed E-state index contributed by atoms with van der Waals surface area (Å²) in [7, 11) is 1.52. The smallest absolute Gasteiger partial charge is 0.331 e. The molecular weight excluding hydrogens is 424 g/mol. The van der Waals surface area contributed by atoms with Crippen molar-refractivity contribution in [2.24, 2.45) is 0 Å². The summed E-state index contributed by atoms with van der Waals surface area (Å²) in [5.74, 6) is 0.395. The fraction of sp³-hybridized carbons (Fsp3) is 0.320. The van der Waals surface area contributed by atoms with Gasteiger partial charge >= 0.3 is 6.03 Å². The molecule has 0 spiro atoms. The van der Waals surface area contributed by atoms with Crippen LogP contribution in [0.3, 0.4) is 0 Å². The van der Waals surface area contributed by atoms with Gasteiger partial charge in [0.15, 0.2) is 11.5 Å². The van der Waals surface area contributed by atoms with Gasteiger partial charge in [0.05, 0.1) is 26.9 Å². The van der Waals surface area contributed by atoms with E-state index in [0.717, 1.165) is 17.7 Å². The largest absolute Gasteiger partial charge is 0.494 e. The molecule has 3 rings (SSSR count). The zero-order valence-corrected chi connectivity index (χ0v) is 19.1. The van der Waals surface area contributed by atoms with Crippen molar-refractivity contribution in [1.29, 1.82) is 0 Å².